The fourth-order valence-electron chi connectivity index (χ4n) is 3.03. The van der Waals surface area contributed by atoms with Crippen LogP contribution >= 0.6 is 0 Å². The summed E-state index contributed by atoms with van der Waals surface area (Å²) in [6.07, 6.45) is 1.77. The van der Waals surface area contributed by atoms with E-state index in [9.17, 15) is 13.6 Å². The predicted molar refractivity (Wildman–Crippen MR) is 82.8 cm³/mol. The van der Waals surface area contributed by atoms with Gasteiger partial charge in [0.25, 0.3) is 5.91 Å². The van der Waals surface area contributed by atoms with Crippen LogP contribution in [-0.4, -0.2) is 48.4 Å². The molecule has 1 aliphatic rings. The number of amides is 1. The minimum Gasteiger partial charge on any atom is -0.338 e. The molecule has 1 heterocycles. The van der Waals surface area contributed by atoms with Gasteiger partial charge in [-0.2, -0.15) is 0 Å². The first-order chi connectivity index (χ1) is 10.6. The lowest BCUT2D eigenvalue weighted by molar-refractivity contribution is 0.0660. The maximum Gasteiger partial charge on any atom is 0.259 e. The SMILES string of the molecule is CCN(CC)CC1CCN(C(=O)c2c(F)cccc2F)CC1. The molecule has 0 aromatic heterocycles. The number of likely N-dealkylation sites (tertiary alicyclic amines) is 1. The van der Waals surface area contributed by atoms with Crippen molar-refractivity contribution in [1.29, 1.82) is 0 Å². The lowest BCUT2D eigenvalue weighted by Gasteiger charge is -2.34. The van der Waals surface area contributed by atoms with Gasteiger partial charge in [-0.25, -0.2) is 8.78 Å². The van der Waals surface area contributed by atoms with Crippen molar-refractivity contribution in [1.82, 2.24) is 9.80 Å². The standard InChI is InChI=1S/C17H24F2N2O/c1-3-20(4-2)12-13-8-10-21(11-9-13)17(22)16-14(18)6-5-7-15(16)19/h5-7,13H,3-4,8-12H2,1-2H3. The van der Waals surface area contributed by atoms with Crippen LogP contribution in [0, 0.1) is 17.6 Å². The molecule has 1 aromatic carbocycles. The maximum atomic E-state index is 13.7. The van der Waals surface area contributed by atoms with Crippen molar-refractivity contribution in [2.75, 3.05) is 32.7 Å². The van der Waals surface area contributed by atoms with Crippen LogP contribution < -0.4 is 0 Å². The molecule has 0 aliphatic carbocycles. The number of rotatable bonds is 5. The van der Waals surface area contributed by atoms with E-state index in [1.165, 1.54) is 6.07 Å². The highest BCUT2D eigenvalue weighted by atomic mass is 19.1. The summed E-state index contributed by atoms with van der Waals surface area (Å²) in [6.45, 7) is 8.50. The van der Waals surface area contributed by atoms with Crippen LogP contribution in [0.4, 0.5) is 8.78 Å². The zero-order valence-corrected chi connectivity index (χ0v) is 13.3. The van der Waals surface area contributed by atoms with Gasteiger partial charge in [-0.3, -0.25) is 4.79 Å². The lowest BCUT2D eigenvalue weighted by atomic mass is 9.95. The second-order valence-electron chi connectivity index (χ2n) is 5.82. The highest BCUT2D eigenvalue weighted by Gasteiger charge is 2.27. The molecule has 122 valence electrons. The monoisotopic (exact) mass is 310 g/mol. The quantitative estimate of drug-likeness (QED) is 0.834. The van der Waals surface area contributed by atoms with Crippen molar-refractivity contribution in [2.45, 2.75) is 26.7 Å². The van der Waals surface area contributed by atoms with Gasteiger partial charge in [-0.1, -0.05) is 19.9 Å². The molecule has 1 aliphatic heterocycles. The molecule has 0 unspecified atom stereocenters. The molecule has 0 saturated carbocycles. The van der Waals surface area contributed by atoms with E-state index < -0.39 is 23.1 Å². The Labute approximate surface area is 130 Å². The van der Waals surface area contributed by atoms with Crippen LogP contribution in [0.25, 0.3) is 0 Å². The van der Waals surface area contributed by atoms with Gasteiger partial charge in [0.15, 0.2) is 0 Å². The van der Waals surface area contributed by atoms with Crippen LogP contribution in [0.3, 0.4) is 0 Å². The number of carbonyl (C=O) groups is 1. The van der Waals surface area contributed by atoms with Gasteiger partial charge >= 0.3 is 0 Å². The Morgan fingerprint density at radius 1 is 1.18 bits per heavy atom. The van der Waals surface area contributed by atoms with E-state index in [0.717, 1.165) is 44.6 Å². The minimum atomic E-state index is -0.782. The molecule has 1 aromatic rings. The second-order valence-corrected chi connectivity index (χ2v) is 5.82. The molecular formula is C17H24F2N2O. The first kappa shape index (κ1) is 16.9. The fourth-order valence-corrected chi connectivity index (χ4v) is 3.03. The van der Waals surface area contributed by atoms with Crippen molar-refractivity contribution in [3.63, 3.8) is 0 Å². The van der Waals surface area contributed by atoms with Crippen LogP contribution in [0.1, 0.15) is 37.0 Å². The third-order valence-corrected chi connectivity index (χ3v) is 4.49. The number of benzene rings is 1. The largest absolute Gasteiger partial charge is 0.338 e. The zero-order valence-electron chi connectivity index (χ0n) is 13.3. The van der Waals surface area contributed by atoms with Crippen LogP contribution in [0.15, 0.2) is 18.2 Å². The highest BCUT2D eigenvalue weighted by molar-refractivity contribution is 5.94. The summed E-state index contributed by atoms with van der Waals surface area (Å²) in [7, 11) is 0. The summed E-state index contributed by atoms with van der Waals surface area (Å²) < 4.78 is 27.4. The van der Waals surface area contributed by atoms with Crippen molar-refractivity contribution in [3.8, 4) is 0 Å². The van der Waals surface area contributed by atoms with E-state index in [4.69, 9.17) is 0 Å². The molecule has 0 bridgehead atoms. The summed E-state index contributed by atoms with van der Waals surface area (Å²) in [5.74, 6) is -1.54. The average Bonchev–Trinajstić information content (AvgIpc) is 2.53. The molecule has 1 fully saturated rings. The van der Waals surface area contributed by atoms with Gasteiger partial charge in [0.05, 0.1) is 0 Å². The minimum absolute atomic E-state index is 0.426. The molecule has 0 spiro atoms. The third-order valence-electron chi connectivity index (χ3n) is 4.49. The topological polar surface area (TPSA) is 23.6 Å². The molecule has 3 nitrogen and oxygen atoms in total. The molecule has 22 heavy (non-hydrogen) atoms. The van der Waals surface area contributed by atoms with Gasteiger partial charge in [0.1, 0.15) is 17.2 Å². The zero-order chi connectivity index (χ0) is 16.1. The Balaban J connectivity index is 1.95. The number of carbonyl (C=O) groups excluding carboxylic acids is 1. The number of hydrogen-bond acceptors (Lipinski definition) is 2. The van der Waals surface area contributed by atoms with Gasteiger partial charge < -0.3 is 9.80 Å². The second kappa shape index (κ2) is 7.68. The Bertz CT molecular complexity index is 489. The van der Waals surface area contributed by atoms with E-state index in [1.807, 2.05) is 0 Å². The fraction of sp³-hybridized carbons (Fsp3) is 0.588. The molecule has 0 radical (unpaired) electrons. The molecule has 0 N–H and O–H groups in total. The molecule has 1 saturated heterocycles. The van der Waals surface area contributed by atoms with Crippen LogP contribution in [0.5, 0.6) is 0 Å². The van der Waals surface area contributed by atoms with E-state index in [0.29, 0.717) is 19.0 Å². The Hall–Kier alpha value is -1.49. The average molecular weight is 310 g/mol. The van der Waals surface area contributed by atoms with Crippen LogP contribution in [0.2, 0.25) is 0 Å². The summed E-state index contributed by atoms with van der Waals surface area (Å²) in [6, 6.07) is 3.53. The molecular weight excluding hydrogens is 286 g/mol. The van der Waals surface area contributed by atoms with Crippen molar-refractivity contribution < 1.29 is 13.6 Å². The van der Waals surface area contributed by atoms with Gasteiger partial charge in [0.2, 0.25) is 0 Å². The number of halogens is 2. The van der Waals surface area contributed by atoms with E-state index in [1.54, 1.807) is 4.90 Å². The third kappa shape index (κ3) is 3.83. The molecule has 2 rings (SSSR count). The Morgan fingerprint density at radius 3 is 2.23 bits per heavy atom. The Kier molecular flexibility index (Phi) is 5.89. The maximum absolute atomic E-state index is 13.7. The van der Waals surface area contributed by atoms with Crippen molar-refractivity contribution in [3.05, 3.63) is 35.4 Å². The summed E-state index contributed by atoms with van der Waals surface area (Å²) in [5.41, 5.74) is -0.426. The van der Waals surface area contributed by atoms with E-state index in [-0.39, 0.29) is 0 Å². The number of nitrogens with zero attached hydrogens (tertiary/aromatic N) is 2. The first-order valence-electron chi connectivity index (χ1n) is 8.02. The van der Waals surface area contributed by atoms with Gasteiger partial charge in [-0.05, 0) is 44.0 Å². The molecule has 1 amide bonds. The lowest BCUT2D eigenvalue weighted by Crippen LogP contribution is -2.42. The summed E-state index contributed by atoms with van der Waals surface area (Å²) >= 11 is 0. The van der Waals surface area contributed by atoms with Gasteiger partial charge in [0, 0.05) is 19.6 Å². The van der Waals surface area contributed by atoms with Crippen LogP contribution in [-0.2, 0) is 0 Å². The normalized spacial score (nSPS) is 16.3. The highest BCUT2D eigenvalue weighted by Crippen LogP contribution is 2.22. The van der Waals surface area contributed by atoms with Gasteiger partial charge in [-0.15, -0.1) is 0 Å². The predicted octanol–water partition coefficient (Wildman–Crippen LogP) is 3.16. The summed E-state index contributed by atoms with van der Waals surface area (Å²) in [4.78, 5) is 16.3. The first-order valence-corrected chi connectivity index (χ1v) is 8.02. The van der Waals surface area contributed by atoms with E-state index in [2.05, 4.69) is 18.7 Å². The summed E-state index contributed by atoms with van der Waals surface area (Å²) in [5, 5.41) is 0. The number of hydrogen-bond donors (Lipinski definition) is 0. The number of piperidine rings is 1. The molecule has 0 atom stereocenters. The van der Waals surface area contributed by atoms with E-state index >= 15 is 0 Å². The van der Waals surface area contributed by atoms with Crippen molar-refractivity contribution in [2.24, 2.45) is 5.92 Å². The molecule has 5 heteroatoms. The smallest absolute Gasteiger partial charge is 0.259 e. The van der Waals surface area contributed by atoms with Crippen molar-refractivity contribution >= 4 is 5.91 Å². The Morgan fingerprint density at radius 2 is 1.73 bits per heavy atom.